The number of thiophene rings is 1. The third-order valence-corrected chi connectivity index (χ3v) is 3.90. The monoisotopic (exact) mass is 262 g/mol. The van der Waals surface area contributed by atoms with Gasteiger partial charge >= 0.3 is 5.97 Å². The number of hydrogen-bond donors (Lipinski definition) is 1. The molecule has 4 heteroatoms. The molecule has 0 aliphatic carbocycles. The summed E-state index contributed by atoms with van der Waals surface area (Å²) in [6.45, 7) is 3.35. The average molecular weight is 262 g/mol. The molecule has 0 aliphatic heterocycles. The molecule has 2 rings (SSSR count). The van der Waals surface area contributed by atoms with Crippen LogP contribution in [0.1, 0.15) is 30.6 Å². The lowest BCUT2D eigenvalue weighted by Crippen LogP contribution is -2.27. The number of carbonyl (C=O) groups excluding carboxylic acids is 1. The molecule has 0 radical (unpaired) electrons. The first-order valence-electron chi connectivity index (χ1n) is 5.64. The minimum Gasteiger partial charge on any atom is -0.481 e. The van der Waals surface area contributed by atoms with Crippen molar-refractivity contribution < 1.29 is 14.7 Å². The highest BCUT2D eigenvalue weighted by atomic mass is 32.1. The predicted octanol–water partition coefficient (Wildman–Crippen LogP) is 3.58. The topological polar surface area (TPSA) is 54.4 Å². The van der Waals surface area contributed by atoms with Crippen LogP contribution in [0.3, 0.4) is 0 Å². The Hall–Kier alpha value is -1.68. The highest BCUT2D eigenvalue weighted by Crippen LogP contribution is 2.33. The Labute approximate surface area is 109 Å². The van der Waals surface area contributed by atoms with Crippen LogP contribution < -0.4 is 0 Å². The average Bonchev–Trinajstić information content (AvgIpc) is 2.69. The van der Waals surface area contributed by atoms with Crippen LogP contribution >= 0.6 is 11.3 Å². The zero-order valence-corrected chi connectivity index (χ0v) is 11.1. The van der Waals surface area contributed by atoms with E-state index in [0.29, 0.717) is 5.56 Å². The molecule has 0 aliphatic rings. The van der Waals surface area contributed by atoms with E-state index in [1.54, 1.807) is 13.8 Å². The van der Waals surface area contributed by atoms with E-state index in [0.717, 1.165) is 10.1 Å². The van der Waals surface area contributed by atoms with Gasteiger partial charge < -0.3 is 5.11 Å². The Balaban J connectivity index is 2.42. The Kier molecular flexibility index (Phi) is 3.22. The second kappa shape index (κ2) is 4.53. The number of Topliss-reactive ketones (excluding diaryl/α,β-unsaturated/α-hetero) is 1. The Morgan fingerprint density at radius 3 is 2.61 bits per heavy atom. The number of carboxylic acid groups (broad SMARTS) is 1. The van der Waals surface area contributed by atoms with E-state index >= 15 is 0 Å². The summed E-state index contributed by atoms with van der Waals surface area (Å²) in [7, 11) is 0. The van der Waals surface area contributed by atoms with Gasteiger partial charge in [0.25, 0.3) is 0 Å². The largest absolute Gasteiger partial charge is 0.481 e. The summed E-state index contributed by atoms with van der Waals surface area (Å²) in [6, 6.07) is 7.67. The lowest BCUT2D eigenvalue weighted by molar-refractivity contribution is -0.138. The standard InChI is InChI=1S/C14H14O3S/c1-14(2,7-12(15)16)13(17)10-8-18-11-6-4-3-5-9(10)11/h3-6,8H,7H2,1-2H3,(H,15,16). The second-order valence-electron chi connectivity index (χ2n) is 4.93. The lowest BCUT2D eigenvalue weighted by atomic mass is 9.81. The van der Waals surface area contributed by atoms with Crippen molar-refractivity contribution in [2.75, 3.05) is 0 Å². The van der Waals surface area contributed by atoms with Crippen LogP contribution in [0.25, 0.3) is 10.1 Å². The van der Waals surface area contributed by atoms with Gasteiger partial charge in [-0.25, -0.2) is 0 Å². The molecule has 0 amide bonds. The Morgan fingerprint density at radius 2 is 1.94 bits per heavy atom. The fourth-order valence-corrected chi connectivity index (χ4v) is 2.92. The van der Waals surface area contributed by atoms with Crippen molar-refractivity contribution in [2.24, 2.45) is 5.41 Å². The maximum absolute atomic E-state index is 12.4. The van der Waals surface area contributed by atoms with Gasteiger partial charge in [-0.1, -0.05) is 32.0 Å². The van der Waals surface area contributed by atoms with Crippen molar-refractivity contribution in [2.45, 2.75) is 20.3 Å². The van der Waals surface area contributed by atoms with E-state index in [2.05, 4.69) is 0 Å². The van der Waals surface area contributed by atoms with Crippen molar-refractivity contribution in [3.05, 3.63) is 35.2 Å². The maximum atomic E-state index is 12.4. The van der Waals surface area contributed by atoms with Gasteiger partial charge in [-0.3, -0.25) is 9.59 Å². The van der Waals surface area contributed by atoms with Crippen molar-refractivity contribution >= 4 is 33.2 Å². The SMILES string of the molecule is CC(C)(CC(=O)O)C(=O)c1csc2ccccc12. The normalized spacial score (nSPS) is 11.7. The smallest absolute Gasteiger partial charge is 0.304 e. The van der Waals surface area contributed by atoms with Crippen LogP contribution in [0.2, 0.25) is 0 Å². The number of aliphatic carboxylic acids is 1. The number of hydrogen-bond acceptors (Lipinski definition) is 3. The summed E-state index contributed by atoms with van der Waals surface area (Å²) in [4.78, 5) is 23.2. The van der Waals surface area contributed by atoms with Gasteiger partial charge in [0.15, 0.2) is 5.78 Å². The first-order chi connectivity index (χ1) is 8.42. The highest BCUT2D eigenvalue weighted by molar-refractivity contribution is 7.17. The molecule has 0 bridgehead atoms. The zero-order chi connectivity index (χ0) is 13.3. The van der Waals surface area contributed by atoms with Crippen molar-refractivity contribution in [1.29, 1.82) is 0 Å². The van der Waals surface area contributed by atoms with Gasteiger partial charge in [-0.05, 0) is 6.07 Å². The Bertz CT molecular complexity index is 610. The van der Waals surface area contributed by atoms with E-state index in [4.69, 9.17) is 5.11 Å². The van der Waals surface area contributed by atoms with E-state index in [9.17, 15) is 9.59 Å². The van der Waals surface area contributed by atoms with Crippen LogP contribution in [0.15, 0.2) is 29.6 Å². The first kappa shape index (κ1) is 12.8. The number of fused-ring (bicyclic) bond motifs is 1. The maximum Gasteiger partial charge on any atom is 0.304 e. The molecule has 0 unspecified atom stereocenters. The number of benzene rings is 1. The molecule has 1 aromatic heterocycles. The second-order valence-corrected chi connectivity index (χ2v) is 5.84. The molecule has 94 valence electrons. The minimum atomic E-state index is -0.951. The van der Waals surface area contributed by atoms with E-state index < -0.39 is 11.4 Å². The molecule has 18 heavy (non-hydrogen) atoms. The van der Waals surface area contributed by atoms with Crippen LogP contribution in [0.4, 0.5) is 0 Å². The van der Waals surface area contributed by atoms with Crippen LogP contribution in [0, 0.1) is 5.41 Å². The van der Waals surface area contributed by atoms with Crippen molar-refractivity contribution in [3.63, 3.8) is 0 Å². The summed E-state index contributed by atoms with van der Waals surface area (Å²) < 4.78 is 1.05. The van der Waals surface area contributed by atoms with Gasteiger partial charge in [0, 0.05) is 26.4 Å². The van der Waals surface area contributed by atoms with Crippen LogP contribution in [-0.4, -0.2) is 16.9 Å². The number of carboxylic acids is 1. The Morgan fingerprint density at radius 1 is 1.28 bits per heavy atom. The molecular weight excluding hydrogens is 248 g/mol. The molecule has 1 aromatic carbocycles. The third kappa shape index (κ3) is 2.29. The lowest BCUT2D eigenvalue weighted by Gasteiger charge is -2.20. The van der Waals surface area contributed by atoms with Gasteiger partial charge in [0.2, 0.25) is 0 Å². The molecule has 3 nitrogen and oxygen atoms in total. The summed E-state index contributed by atoms with van der Waals surface area (Å²) in [6.07, 6.45) is -0.157. The number of carbonyl (C=O) groups is 2. The fourth-order valence-electron chi connectivity index (χ4n) is 1.98. The molecular formula is C14H14O3S. The molecule has 0 atom stereocenters. The molecule has 0 spiro atoms. The van der Waals surface area contributed by atoms with E-state index in [1.165, 1.54) is 11.3 Å². The minimum absolute atomic E-state index is 0.109. The molecule has 0 fully saturated rings. The van der Waals surface area contributed by atoms with E-state index in [1.807, 2.05) is 29.6 Å². The summed E-state index contributed by atoms with van der Waals surface area (Å²) in [5.74, 6) is -1.06. The highest BCUT2D eigenvalue weighted by Gasteiger charge is 2.32. The summed E-state index contributed by atoms with van der Waals surface area (Å²) in [5, 5.41) is 11.6. The molecule has 0 saturated heterocycles. The summed E-state index contributed by atoms with van der Waals surface area (Å²) >= 11 is 1.51. The molecule has 1 N–H and O–H groups in total. The number of rotatable bonds is 4. The van der Waals surface area contributed by atoms with Crippen molar-refractivity contribution in [3.8, 4) is 0 Å². The van der Waals surface area contributed by atoms with Gasteiger partial charge in [0.05, 0.1) is 6.42 Å². The quantitative estimate of drug-likeness (QED) is 0.857. The predicted molar refractivity (Wildman–Crippen MR) is 72.2 cm³/mol. The molecule has 2 aromatic rings. The molecule has 1 heterocycles. The zero-order valence-electron chi connectivity index (χ0n) is 10.3. The third-order valence-electron chi connectivity index (χ3n) is 2.93. The molecule has 0 saturated carbocycles. The van der Waals surface area contributed by atoms with Crippen molar-refractivity contribution in [1.82, 2.24) is 0 Å². The fraction of sp³-hybridized carbons (Fsp3) is 0.286. The van der Waals surface area contributed by atoms with Gasteiger partial charge in [-0.15, -0.1) is 11.3 Å². The van der Waals surface area contributed by atoms with E-state index in [-0.39, 0.29) is 12.2 Å². The van der Waals surface area contributed by atoms with Crippen LogP contribution in [-0.2, 0) is 4.79 Å². The van der Waals surface area contributed by atoms with Gasteiger partial charge in [-0.2, -0.15) is 0 Å². The van der Waals surface area contributed by atoms with Crippen LogP contribution in [0.5, 0.6) is 0 Å². The summed E-state index contributed by atoms with van der Waals surface area (Å²) in [5.41, 5.74) is -0.253. The van der Waals surface area contributed by atoms with Gasteiger partial charge in [0.1, 0.15) is 0 Å². The first-order valence-corrected chi connectivity index (χ1v) is 6.52. The number of ketones is 1.